The number of para-hydroxylation sites is 1. The maximum absolute atomic E-state index is 13.3. The van der Waals surface area contributed by atoms with Gasteiger partial charge in [-0.1, -0.05) is 23.4 Å². The van der Waals surface area contributed by atoms with E-state index in [0.29, 0.717) is 43.2 Å². The summed E-state index contributed by atoms with van der Waals surface area (Å²) in [4.78, 5) is 19.4. The number of hydrogen-bond donors (Lipinski definition) is 0. The Morgan fingerprint density at radius 1 is 1.22 bits per heavy atom. The highest BCUT2D eigenvalue weighted by atomic mass is 32.2. The summed E-state index contributed by atoms with van der Waals surface area (Å²) in [5, 5.41) is 5.57. The normalized spacial score (nSPS) is 19.9. The van der Waals surface area contributed by atoms with Crippen molar-refractivity contribution in [2.75, 3.05) is 18.0 Å². The van der Waals surface area contributed by atoms with E-state index in [1.54, 1.807) is 18.4 Å². The Labute approximate surface area is 190 Å². The number of aromatic nitrogens is 2. The van der Waals surface area contributed by atoms with Crippen LogP contribution in [0.2, 0.25) is 0 Å². The lowest BCUT2D eigenvalue weighted by atomic mass is 9.96. The number of sulfonamides is 1. The predicted molar refractivity (Wildman–Crippen MR) is 121 cm³/mol. The minimum Gasteiger partial charge on any atom is -0.339 e. The first-order valence-corrected chi connectivity index (χ1v) is 13.0. The van der Waals surface area contributed by atoms with Gasteiger partial charge in [-0.3, -0.25) is 4.79 Å². The van der Waals surface area contributed by atoms with Crippen LogP contribution < -0.4 is 4.90 Å². The third-order valence-corrected chi connectivity index (χ3v) is 9.52. The number of anilines is 1. The third-order valence-electron chi connectivity index (χ3n) is 6.20. The van der Waals surface area contributed by atoms with Crippen LogP contribution in [0.1, 0.15) is 31.2 Å². The summed E-state index contributed by atoms with van der Waals surface area (Å²) in [7, 11) is -3.63. The molecule has 0 saturated carbocycles. The first-order chi connectivity index (χ1) is 15.3. The average molecular weight is 473 g/mol. The second-order valence-corrected chi connectivity index (χ2v) is 11.4. The monoisotopic (exact) mass is 472 g/mol. The zero-order chi connectivity index (χ0) is 22.5. The van der Waals surface area contributed by atoms with Crippen molar-refractivity contribution in [3.8, 4) is 11.4 Å². The summed E-state index contributed by atoms with van der Waals surface area (Å²) in [5.41, 5.74) is 2.80. The molecule has 1 amide bonds. The van der Waals surface area contributed by atoms with Crippen molar-refractivity contribution in [3.63, 3.8) is 0 Å². The molecule has 0 aliphatic carbocycles. The van der Waals surface area contributed by atoms with Crippen LogP contribution in [0.15, 0.2) is 44.4 Å². The molecule has 10 heteroatoms. The molecule has 2 aromatic heterocycles. The summed E-state index contributed by atoms with van der Waals surface area (Å²) < 4.78 is 33.0. The summed E-state index contributed by atoms with van der Waals surface area (Å²) in [6.45, 7) is 4.42. The molecule has 8 nitrogen and oxygen atoms in total. The van der Waals surface area contributed by atoms with E-state index in [9.17, 15) is 13.2 Å². The molecule has 0 N–H and O–H groups in total. The zero-order valence-electron chi connectivity index (χ0n) is 17.9. The SMILES string of the molecule is Cc1nc(-c2csc(S(=O)(=O)N3CCC(C(=O)N4c5ccccc5C[C@H]4C)CC3)c2)no1. The first-order valence-electron chi connectivity index (χ1n) is 10.6. The van der Waals surface area contributed by atoms with Crippen molar-refractivity contribution in [1.29, 1.82) is 0 Å². The van der Waals surface area contributed by atoms with Crippen molar-refractivity contribution in [2.24, 2.45) is 5.92 Å². The van der Waals surface area contributed by atoms with Crippen molar-refractivity contribution in [1.82, 2.24) is 14.4 Å². The quantitative estimate of drug-likeness (QED) is 0.577. The van der Waals surface area contributed by atoms with Crippen molar-refractivity contribution < 1.29 is 17.7 Å². The molecule has 4 heterocycles. The van der Waals surface area contributed by atoms with Crippen molar-refractivity contribution in [3.05, 3.63) is 47.2 Å². The van der Waals surface area contributed by atoms with Crippen LogP contribution >= 0.6 is 11.3 Å². The maximum Gasteiger partial charge on any atom is 0.252 e. The van der Waals surface area contributed by atoms with Gasteiger partial charge < -0.3 is 9.42 Å². The Bertz CT molecular complexity index is 1260. The number of carbonyl (C=O) groups excluding carboxylic acids is 1. The molecule has 0 bridgehead atoms. The number of amides is 1. The molecule has 1 saturated heterocycles. The molecule has 3 aromatic rings. The van der Waals surface area contributed by atoms with Gasteiger partial charge in [0.25, 0.3) is 10.0 Å². The number of piperidine rings is 1. The smallest absolute Gasteiger partial charge is 0.252 e. The molecule has 32 heavy (non-hydrogen) atoms. The number of rotatable bonds is 4. The fourth-order valence-corrected chi connectivity index (χ4v) is 7.33. The summed E-state index contributed by atoms with van der Waals surface area (Å²) in [6.07, 6.45) is 1.90. The highest BCUT2D eigenvalue weighted by Crippen LogP contribution is 2.36. The van der Waals surface area contributed by atoms with Crippen LogP contribution in [0.25, 0.3) is 11.4 Å². The highest BCUT2D eigenvalue weighted by Gasteiger charge is 2.38. The largest absolute Gasteiger partial charge is 0.339 e. The van der Waals surface area contributed by atoms with Crippen LogP contribution in [0.5, 0.6) is 0 Å². The number of hydrogen-bond acceptors (Lipinski definition) is 7. The van der Waals surface area contributed by atoms with Gasteiger partial charge in [-0.05, 0) is 43.9 Å². The molecule has 1 atom stereocenters. The lowest BCUT2D eigenvalue weighted by Crippen LogP contribution is -2.46. The summed E-state index contributed by atoms with van der Waals surface area (Å²) in [5.74, 6) is 0.739. The number of carbonyl (C=O) groups is 1. The molecule has 2 aliphatic rings. The van der Waals surface area contributed by atoms with E-state index in [4.69, 9.17) is 4.52 Å². The Kier molecular flexibility index (Phi) is 5.39. The molecule has 0 unspecified atom stereocenters. The van der Waals surface area contributed by atoms with E-state index in [1.807, 2.05) is 23.1 Å². The van der Waals surface area contributed by atoms with Gasteiger partial charge in [-0.25, -0.2) is 8.42 Å². The van der Waals surface area contributed by atoms with Gasteiger partial charge in [0.2, 0.25) is 17.6 Å². The van der Waals surface area contributed by atoms with Crippen molar-refractivity contribution in [2.45, 2.75) is 43.4 Å². The molecule has 0 spiro atoms. The Balaban J connectivity index is 1.27. The van der Waals surface area contributed by atoms with Crippen LogP contribution in [0.4, 0.5) is 5.69 Å². The minimum atomic E-state index is -3.63. The van der Waals surface area contributed by atoms with E-state index in [2.05, 4.69) is 23.1 Å². The van der Waals surface area contributed by atoms with Crippen molar-refractivity contribution >= 4 is 33.0 Å². The van der Waals surface area contributed by atoms with Crippen LogP contribution in [-0.4, -0.2) is 47.9 Å². The molecule has 2 aliphatic heterocycles. The molecular formula is C22H24N4O4S2. The van der Waals surface area contributed by atoms with Gasteiger partial charge >= 0.3 is 0 Å². The Hall–Kier alpha value is -2.56. The molecular weight excluding hydrogens is 448 g/mol. The second kappa shape index (κ2) is 8.09. The summed E-state index contributed by atoms with van der Waals surface area (Å²) >= 11 is 1.15. The highest BCUT2D eigenvalue weighted by molar-refractivity contribution is 7.91. The van der Waals surface area contributed by atoms with Crippen LogP contribution in [0, 0.1) is 12.8 Å². The number of thiophene rings is 1. The van der Waals surface area contributed by atoms with E-state index in [1.165, 1.54) is 9.87 Å². The van der Waals surface area contributed by atoms with Gasteiger partial charge in [0.05, 0.1) is 0 Å². The summed E-state index contributed by atoms with van der Waals surface area (Å²) in [6, 6.07) is 9.73. The molecule has 5 rings (SSSR count). The zero-order valence-corrected chi connectivity index (χ0v) is 19.5. The topological polar surface area (TPSA) is 96.6 Å². The molecule has 1 fully saturated rings. The lowest BCUT2D eigenvalue weighted by molar-refractivity contribution is -0.123. The van der Waals surface area contributed by atoms with Gasteiger partial charge in [-0.2, -0.15) is 9.29 Å². The van der Waals surface area contributed by atoms with Gasteiger partial charge in [0, 0.05) is 48.6 Å². The van der Waals surface area contributed by atoms with E-state index >= 15 is 0 Å². The number of nitrogens with zero attached hydrogens (tertiary/aromatic N) is 4. The van der Waals surface area contributed by atoms with Crippen LogP contribution in [0.3, 0.4) is 0 Å². The fourth-order valence-electron chi connectivity index (χ4n) is 4.55. The lowest BCUT2D eigenvalue weighted by Gasteiger charge is -2.33. The number of aryl methyl sites for hydroxylation is 1. The standard InChI is InChI=1S/C22H24N4O4S2/c1-14-11-17-5-3-4-6-19(17)26(14)22(27)16-7-9-25(10-8-16)32(28,29)20-12-18(13-31-20)21-23-15(2)30-24-21/h3-6,12-14,16H,7-11H2,1-2H3/t14-/m1/s1. The Morgan fingerprint density at radius 3 is 2.69 bits per heavy atom. The van der Waals surface area contributed by atoms with Gasteiger partial charge in [0.1, 0.15) is 4.21 Å². The van der Waals surface area contributed by atoms with Crippen LogP contribution in [-0.2, 0) is 21.2 Å². The molecule has 1 aromatic carbocycles. The minimum absolute atomic E-state index is 0.102. The predicted octanol–water partition coefficient (Wildman–Crippen LogP) is 3.49. The van der Waals surface area contributed by atoms with E-state index < -0.39 is 10.0 Å². The third kappa shape index (κ3) is 3.66. The number of fused-ring (bicyclic) bond motifs is 1. The first kappa shape index (κ1) is 21.3. The maximum atomic E-state index is 13.3. The van der Waals surface area contributed by atoms with Gasteiger partial charge in [-0.15, -0.1) is 11.3 Å². The Morgan fingerprint density at radius 2 is 1.97 bits per heavy atom. The molecule has 0 radical (unpaired) electrons. The second-order valence-electron chi connectivity index (χ2n) is 8.36. The van der Waals surface area contributed by atoms with E-state index in [0.717, 1.165) is 23.4 Å². The van der Waals surface area contributed by atoms with E-state index in [-0.39, 0.29) is 22.1 Å². The number of benzene rings is 1. The molecule has 168 valence electrons. The average Bonchev–Trinajstić information content (AvgIpc) is 3.51. The van der Waals surface area contributed by atoms with Gasteiger partial charge in [0.15, 0.2) is 0 Å². The fraction of sp³-hybridized carbons (Fsp3) is 0.409.